The third-order valence-electron chi connectivity index (χ3n) is 3.64. The Labute approximate surface area is 105 Å². The largest absolute Gasteiger partial charge is 0.493 e. The lowest BCUT2D eigenvalue weighted by atomic mass is 9.86. The van der Waals surface area contributed by atoms with Gasteiger partial charge in [0.25, 0.3) is 0 Å². The first-order chi connectivity index (χ1) is 8.07. The zero-order chi connectivity index (χ0) is 12.3. The van der Waals surface area contributed by atoms with Crippen molar-refractivity contribution in [1.82, 2.24) is 0 Å². The summed E-state index contributed by atoms with van der Waals surface area (Å²) in [4.78, 5) is 0. The minimum absolute atomic E-state index is 0.159. The highest BCUT2D eigenvalue weighted by Crippen LogP contribution is 2.32. The summed E-state index contributed by atoms with van der Waals surface area (Å²) in [5.74, 6) is 1.86. The number of para-hydroxylation sites is 1. The van der Waals surface area contributed by atoms with Gasteiger partial charge in [0.05, 0.1) is 6.61 Å². The van der Waals surface area contributed by atoms with Crippen molar-refractivity contribution in [3.05, 3.63) is 29.8 Å². The minimum atomic E-state index is 0.159. The molecular weight excluding hydrogens is 208 g/mol. The van der Waals surface area contributed by atoms with Crippen LogP contribution in [0.2, 0.25) is 0 Å². The van der Waals surface area contributed by atoms with Crippen molar-refractivity contribution in [2.24, 2.45) is 5.92 Å². The van der Waals surface area contributed by atoms with Gasteiger partial charge in [-0.25, -0.2) is 0 Å². The Morgan fingerprint density at radius 1 is 1.12 bits per heavy atom. The topological polar surface area (TPSA) is 9.23 Å². The normalized spacial score (nSPS) is 17.4. The molecular formula is C16H24O. The molecule has 0 aliphatic heterocycles. The number of ether oxygens (including phenoxy) is 1. The lowest BCUT2D eigenvalue weighted by Crippen LogP contribution is -2.15. The fraction of sp³-hybridized carbons (Fsp3) is 0.625. The van der Waals surface area contributed by atoms with E-state index in [2.05, 4.69) is 45.0 Å². The van der Waals surface area contributed by atoms with Gasteiger partial charge in [0.2, 0.25) is 0 Å². The summed E-state index contributed by atoms with van der Waals surface area (Å²) in [7, 11) is 0. The van der Waals surface area contributed by atoms with Gasteiger partial charge in [0, 0.05) is 0 Å². The van der Waals surface area contributed by atoms with E-state index in [1.807, 2.05) is 0 Å². The Kier molecular flexibility index (Phi) is 3.76. The predicted molar refractivity (Wildman–Crippen MR) is 72.6 cm³/mol. The van der Waals surface area contributed by atoms with Gasteiger partial charge in [-0.15, -0.1) is 0 Å². The predicted octanol–water partition coefficient (Wildman–Crippen LogP) is 4.55. The molecule has 2 rings (SSSR count). The molecule has 0 bridgehead atoms. The van der Waals surface area contributed by atoms with Gasteiger partial charge in [-0.2, -0.15) is 0 Å². The molecule has 0 amide bonds. The molecule has 1 fully saturated rings. The summed E-state index contributed by atoms with van der Waals surface area (Å²) < 4.78 is 6.05. The summed E-state index contributed by atoms with van der Waals surface area (Å²) >= 11 is 0. The molecule has 94 valence electrons. The van der Waals surface area contributed by atoms with Gasteiger partial charge in [-0.1, -0.05) is 51.8 Å². The minimum Gasteiger partial charge on any atom is -0.493 e. The lowest BCUT2D eigenvalue weighted by molar-refractivity contribution is 0.247. The average molecular weight is 232 g/mol. The first kappa shape index (κ1) is 12.5. The Bertz CT molecular complexity index is 356. The van der Waals surface area contributed by atoms with Crippen LogP contribution >= 0.6 is 0 Å². The highest BCUT2D eigenvalue weighted by molar-refractivity contribution is 5.38. The van der Waals surface area contributed by atoms with Crippen LogP contribution in [0.25, 0.3) is 0 Å². The molecule has 1 nitrogen and oxygen atoms in total. The van der Waals surface area contributed by atoms with Gasteiger partial charge >= 0.3 is 0 Å². The molecule has 0 atom stereocenters. The molecule has 0 spiro atoms. The molecule has 0 aromatic heterocycles. The van der Waals surface area contributed by atoms with E-state index in [-0.39, 0.29) is 5.41 Å². The van der Waals surface area contributed by atoms with Crippen molar-refractivity contribution in [1.29, 1.82) is 0 Å². The quantitative estimate of drug-likeness (QED) is 0.742. The number of hydrogen-bond acceptors (Lipinski definition) is 1. The van der Waals surface area contributed by atoms with Crippen LogP contribution in [0.3, 0.4) is 0 Å². The van der Waals surface area contributed by atoms with E-state index >= 15 is 0 Å². The third kappa shape index (κ3) is 3.24. The second-order valence-electron chi connectivity index (χ2n) is 6.21. The first-order valence-corrected chi connectivity index (χ1v) is 6.79. The zero-order valence-corrected chi connectivity index (χ0v) is 11.3. The zero-order valence-electron chi connectivity index (χ0n) is 11.3. The van der Waals surface area contributed by atoms with Crippen molar-refractivity contribution in [2.75, 3.05) is 6.61 Å². The smallest absolute Gasteiger partial charge is 0.123 e. The van der Waals surface area contributed by atoms with Gasteiger partial charge in [0.15, 0.2) is 0 Å². The fourth-order valence-corrected chi connectivity index (χ4v) is 2.60. The van der Waals surface area contributed by atoms with E-state index in [1.165, 1.54) is 31.2 Å². The van der Waals surface area contributed by atoms with Crippen molar-refractivity contribution in [3.8, 4) is 5.75 Å². The molecule has 1 saturated carbocycles. The molecule has 1 heteroatoms. The van der Waals surface area contributed by atoms with Gasteiger partial charge in [-0.3, -0.25) is 0 Å². The second kappa shape index (κ2) is 5.12. The molecule has 0 saturated heterocycles. The van der Waals surface area contributed by atoms with Crippen LogP contribution in [0.4, 0.5) is 0 Å². The number of benzene rings is 1. The summed E-state index contributed by atoms with van der Waals surface area (Å²) in [5, 5.41) is 0. The van der Waals surface area contributed by atoms with Gasteiger partial charge in [0.1, 0.15) is 5.75 Å². The SMILES string of the molecule is CC(C)(C)c1ccccc1OCC1CCCC1. The van der Waals surface area contributed by atoms with Crippen molar-refractivity contribution in [2.45, 2.75) is 51.9 Å². The third-order valence-corrected chi connectivity index (χ3v) is 3.64. The molecule has 0 heterocycles. The summed E-state index contributed by atoms with van der Waals surface area (Å²) in [6.07, 6.45) is 5.46. The standard InChI is InChI=1S/C16H24O/c1-16(2,3)14-10-6-7-11-15(14)17-12-13-8-4-5-9-13/h6-7,10-11,13H,4-5,8-9,12H2,1-3H3. The Hall–Kier alpha value is -0.980. The Balaban J connectivity index is 2.04. The highest BCUT2D eigenvalue weighted by Gasteiger charge is 2.20. The maximum Gasteiger partial charge on any atom is 0.123 e. The first-order valence-electron chi connectivity index (χ1n) is 6.79. The molecule has 1 aromatic carbocycles. The van der Waals surface area contributed by atoms with Gasteiger partial charge in [-0.05, 0) is 35.8 Å². The molecule has 0 radical (unpaired) electrons. The second-order valence-corrected chi connectivity index (χ2v) is 6.21. The molecule has 1 aromatic rings. The Morgan fingerprint density at radius 3 is 2.41 bits per heavy atom. The molecule has 0 unspecified atom stereocenters. The van der Waals surface area contributed by atoms with Gasteiger partial charge < -0.3 is 4.74 Å². The van der Waals surface area contributed by atoms with Crippen LogP contribution in [0.1, 0.15) is 52.0 Å². The number of hydrogen-bond donors (Lipinski definition) is 0. The van der Waals surface area contributed by atoms with Crippen molar-refractivity contribution >= 4 is 0 Å². The van der Waals surface area contributed by atoms with E-state index in [1.54, 1.807) is 0 Å². The van der Waals surface area contributed by atoms with E-state index in [9.17, 15) is 0 Å². The number of rotatable bonds is 3. The van der Waals surface area contributed by atoms with Crippen molar-refractivity contribution < 1.29 is 4.74 Å². The molecule has 1 aliphatic rings. The van der Waals surface area contributed by atoms with Crippen LogP contribution < -0.4 is 4.74 Å². The van der Waals surface area contributed by atoms with Crippen LogP contribution in [0, 0.1) is 5.92 Å². The maximum absolute atomic E-state index is 6.05. The highest BCUT2D eigenvalue weighted by atomic mass is 16.5. The van der Waals surface area contributed by atoms with E-state index < -0.39 is 0 Å². The van der Waals surface area contributed by atoms with Crippen LogP contribution in [-0.4, -0.2) is 6.61 Å². The van der Waals surface area contributed by atoms with Crippen LogP contribution in [0.15, 0.2) is 24.3 Å². The van der Waals surface area contributed by atoms with Crippen LogP contribution in [-0.2, 0) is 5.41 Å². The van der Waals surface area contributed by atoms with E-state index in [4.69, 9.17) is 4.74 Å². The van der Waals surface area contributed by atoms with E-state index in [0.717, 1.165) is 18.3 Å². The van der Waals surface area contributed by atoms with Crippen LogP contribution in [0.5, 0.6) is 5.75 Å². The van der Waals surface area contributed by atoms with Crippen molar-refractivity contribution in [3.63, 3.8) is 0 Å². The summed E-state index contributed by atoms with van der Waals surface area (Å²) in [5.41, 5.74) is 1.48. The monoisotopic (exact) mass is 232 g/mol. The molecule has 1 aliphatic carbocycles. The Morgan fingerprint density at radius 2 is 1.76 bits per heavy atom. The average Bonchev–Trinajstić information content (AvgIpc) is 2.78. The maximum atomic E-state index is 6.05. The molecule has 17 heavy (non-hydrogen) atoms. The summed E-state index contributed by atoms with van der Waals surface area (Å²) in [6, 6.07) is 8.46. The lowest BCUT2D eigenvalue weighted by Gasteiger charge is -2.23. The molecule has 0 N–H and O–H groups in total. The fourth-order valence-electron chi connectivity index (χ4n) is 2.60. The summed E-state index contributed by atoms with van der Waals surface area (Å²) in [6.45, 7) is 7.62. The van der Waals surface area contributed by atoms with E-state index in [0.29, 0.717) is 0 Å².